The van der Waals surface area contributed by atoms with E-state index in [1.165, 1.54) is 11.1 Å². The highest BCUT2D eigenvalue weighted by molar-refractivity contribution is 6.32. The van der Waals surface area contributed by atoms with Crippen LogP contribution in [-0.4, -0.2) is 42.1 Å². The van der Waals surface area contributed by atoms with Crippen LogP contribution < -0.4 is 15.0 Å². The van der Waals surface area contributed by atoms with Crippen molar-refractivity contribution in [2.45, 2.75) is 19.4 Å². The monoisotopic (exact) mass is 371 g/mol. The first-order valence-electron chi connectivity index (χ1n) is 8.75. The Balaban J connectivity index is 1.65. The van der Waals surface area contributed by atoms with Gasteiger partial charge in [-0.1, -0.05) is 17.7 Å². The molecule has 1 aromatic heterocycles. The van der Waals surface area contributed by atoms with E-state index in [-0.39, 0.29) is 0 Å². The van der Waals surface area contributed by atoms with Gasteiger partial charge in [0.15, 0.2) is 5.82 Å². The number of nitrogens with zero attached hydrogens (tertiary/aromatic N) is 4. The molecule has 2 aliphatic heterocycles. The number of halogens is 1. The van der Waals surface area contributed by atoms with E-state index in [9.17, 15) is 0 Å². The molecule has 26 heavy (non-hydrogen) atoms. The standard InChI is InChI=1S/C19H22ClN5O/c1-24-8-5-13-10-17(26-2)16(9-14(13)12-24)22-19-21-11-15(20)18(23-19)25-6-3-4-7-25/h3,6,9-11H,4-5,7-8,12H2,1-2H3,(H,21,22,23). The van der Waals surface area contributed by atoms with E-state index in [0.29, 0.717) is 11.0 Å². The number of hydrogen-bond donors (Lipinski definition) is 1. The fraction of sp³-hybridized carbons (Fsp3) is 0.368. The van der Waals surface area contributed by atoms with E-state index in [0.717, 1.165) is 49.7 Å². The van der Waals surface area contributed by atoms with Crippen LogP contribution in [0.3, 0.4) is 0 Å². The number of benzene rings is 1. The zero-order chi connectivity index (χ0) is 18.1. The molecule has 2 aliphatic rings. The number of fused-ring (bicyclic) bond motifs is 1. The van der Waals surface area contributed by atoms with Crippen molar-refractivity contribution in [3.63, 3.8) is 0 Å². The van der Waals surface area contributed by atoms with Crippen LogP contribution in [-0.2, 0) is 13.0 Å². The summed E-state index contributed by atoms with van der Waals surface area (Å²) in [7, 11) is 3.82. The van der Waals surface area contributed by atoms with Crippen LogP contribution >= 0.6 is 11.6 Å². The molecule has 0 unspecified atom stereocenters. The van der Waals surface area contributed by atoms with Crippen LogP contribution in [0.25, 0.3) is 0 Å². The second-order valence-corrected chi connectivity index (χ2v) is 7.07. The first-order chi connectivity index (χ1) is 12.6. The maximum Gasteiger partial charge on any atom is 0.229 e. The van der Waals surface area contributed by atoms with Crippen LogP contribution in [0.1, 0.15) is 17.5 Å². The molecule has 0 atom stereocenters. The Morgan fingerprint density at radius 2 is 2.12 bits per heavy atom. The first kappa shape index (κ1) is 17.1. The number of hydrogen-bond acceptors (Lipinski definition) is 6. The summed E-state index contributed by atoms with van der Waals surface area (Å²) in [4.78, 5) is 13.3. The molecule has 1 N–H and O–H groups in total. The van der Waals surface area contributed by atoms with Crippen molar-refractivity contribution in [3.8, 4) is 5.75 Å². The number of rotatable bonds is 4. The van der Waals surface area contributed by atoms with Crippen molar-refractivity contribution in [1.82, 2.24) is 14.9 Å². The van der Waals surface area contributed by atoms with Crippen molar-refractivity contribution >= 4 is 29.1 Å². The second kappa shape index (κ2) is 7.13. The van der Waals surface area contributed by atoms with Crippen molar-refractivity contribution in [2.24, 2.45) is 0 Å². The third kappa shape index (κ3) is 3.34. The Kier molecular flexibility index (Phi) is 4.70. The van der Waals surface area contributed by atoms with E-state index in [1.807, 2.05) is 11.1 Å². The molecule has 3 heterocycles. The first-order valence-corrected chi connectivity index (χ1v) is 9.13. The third-order valence-electron chi connectivity index (χ3n) is 4.79. The highest BCUT2D eigenvalue weighted by atomic mass is 35.5. The maximum atomic E-state index is 6.29. The fourth-order valence-corrected chi connectivity index (χ4v) is 3.60. The summed E-state index contributed by atoms with van der Waals surface area (Å²) in [6, 6.07) is 4.25. The fourth-order valence-electron chi connectivity index (χ4n) is 3.40. The van der Waals surface area contributed by atoms with Gasteiger partial charge in [0.05, 0.1) is 19.0 Å². The molecule has 136 valence electrons. The SMILES string of the molecule is COc1cc2c(cc1Nc1ncc(Cl)c(N3C=CCC3)n1)CN(C)CC2. The summed E-state index contributed by atoms with van der Waals surface area (Å²) >= 11 is 6.29. The van der Waals surface area contributed by atoms with Gasteiger partial charge >= 0.3 is 0 Å². The molecule has 0 aliphatic carbocycles. The van der Waals surface area contributed by atoms with Gasteiger partial charge in [0.25, 0.3) is 0 Å². The molecular weight excluding hydrogens is 350 g/mol. The van der Waals surface area contributed by atoms with E-state index < -0.39 is 0 Å². The zero-order valence-electron chi connectivity index (χ0n) is 15.0. The van der Waals surface area contributed by atoms with E-state index in [4.69, 9.17) is 16.3 Å². The molecule has 4 rings (SSSR count). The van der Waals surface area contributed by atoms with Crippen molar-refractivity contribution in [2.75, 3.05) is 37.5 Å². The number of likely N-dealkylation sites (N-methyl/N-ethyl adjacent to an activating group) is 1. The average molecular weight is 372 g/mol. The summed E-state index contributed by atoms with van der Waals surface area (Å²) in [5, 5.41) is 3.85. The van der Waals surface area contributed by atoms with Gasteiger partial charge in [0, 0.05) is 25.8 Å². The van der Waals surface area contributed by atoms with Gasteiger partial charge in [-0.3, -0.25) is 0 Å². The molecule has 0 amide bonds. The quantitative estimate of drug-likeness (QED) is 0.886. The summed E-state index contributed by atoms with van der Waals surface area (Å²) in [6.07, 6.45) is 7.78. The molecule has 6 nitrogen and oxygen atoms in total. The Morgan fingerprint density at radius 3 is 2.88 bits per heavy atom. The molecule has 0 spiro atoms. The molecule has 0 bridgehead atoms. The molecule has 0 saturated heterocycles. The topological polar surface area (TPSA) is 53.5 Å². The van der Waals surface area contributed by atoms with E-state index >= 15 is 0 Å². The van der Waals surface area contributed by atoms with Gasteiger partial charge in [-0.2, -0.15) is 4.98 Å². The zero-order valence-corrected chi connectivity index (χ0v) is 15.8. The van der Waals surface area contributed by atoms with Crippen LogP contribution in [0, 0.1) is 0 Å². The number of methoxy groups -OCH3 is 1. The highest BCUT2D eigenvalue weighted by Crippen LogP contribution is 2.34. The van der Waals surface area contributed by atoms with Gasteiger partial charge in [0.2, 0.25) is 5.95 Å². The Morgan fingerprint density at radius 1 is 1.23 bits per heavy atom. The maximum absolute atomic E-state index is 6.29. The van der Waals surface area contributed by atoms with Gasteiger partial charge in [-0.15, -0.1) is 0 Å². The summed E-state index contributed by atoms with van der Waals surface area (Å²) in [5.41, 5.74) is 3.51. The average Bonchev–Trinajstić information content (AvgIpc) is 3.17. The lowest BCUT2D eigenvalue weighted by molar-refractivity contribution is 0.312. The van der Waals surface area contributed by atoms with Crippen LogP contribution in [0.5, 0.6) is 5.75 Å². The largest absolute Gasteiger partial charge is 0.495 e. The summed E-state index contributed by atoms with van der Waals surface area (Å²) < 4.78 is 5.58. The molecular formula is C19H22ClN5O. The molecule has 7 heteroatoms. The van der Waals surface area contributed by atoms with Gasteiger partial charge < -0.3 is 19.9 Å². The van der Waals surface area contributed by atoms with E-state index in [1.54, 1.807) is 13.3 Å². The minimum atomic E-state index is 0.507. The third-order valence-corrected chi connectivity index (χ3v) is 5.06. The van der Waals surface area contributed by atoms with Gasteiger partial charge in [0.1, 0.15) is 10.8 Å². The number of aromatic nitrogens is 2. The van der Waals surface area contributed by atoms with E-state index in [2.05, 4.69) is 45.4 Å². The van der Waals surface area contributed by atoms with Crippen LogP contribution in [0.2, 0.25) is 5.02 Å². The van der Waals surface area contributed by atoms with Crippen LogP contribution in [0.4, 0.5) is 17.5 Å². The normalized spacial score (nSPS) is 16.7. The van der Waals surface area contributed by atoms with Crippen molar-refractivity contribution in [1.29, 1.82) is 0 Å². The number of nitrogens with one attached hydrogen (secondary N) is 1. The summed E-state index contributed by atoms with van der Waals surface area (Å²) in [5.74, 6) is 2.02. The molecule has 0 fully saturated rings. The molecule has 2 aromatic rings. The highest BCUT2D eigenvalue weighted by Gasteiger charge is 2.18. The predicted molar refractivity (Wildman–Crippen MR) is 104 cm³/mol. The molecule has 0 saturated carbocycles. The lowest BCUT2D eigenvalue weighted by Crippen LogP contribution is -2.26. The van der Waals surface area contributed by atoms with Crippen LogP contribution in [0.15, 0.2) is 30.6 Å². The minimum absolute atomic E-state index is 0.507. The number of ether oxygens (including phenoxy) is 1. The predicted octanol–water partition coefficient (Wildman–Crippen LogP) is 3.59. The van der Waals surface area contributed by atoms with Crippen molar-refractivity contribution in [3.05, 3.63) is 46.8 Å². The minimum Gasteiger partial charge on any atom is -0.495 e. The van der Waals surface area contributed by atoms with Crippen molar-refractivity contribution < 1.29 is 4.74 Å². The van der Waals surface area contributed by atoms with Gasteiger partial charge in [-0.25, -0.2) is 4.98 Å². The molecule has 1 aromatic carbocycles. The Hall–Kier alpha value is -2.31. The van der Waals surface area contributed by atoms with Gasteiger partial charge in [-0.05, 0) is 43.1 Å². The smallest absolute Gasteiger partial charge is 0.229 e. The summed E-state index contributed by atoms with van der Waals surface area (Å²) in [6.45, 7) is 2.87. The lowest BCUT2D eigenvalue weighted by Gasteiger charge is -2.26. The Labute approximate surface area is 158 Å². The Bertz CT molecular complexity index is 854. The number of anilines is 3. The molecule has 0 radical (unpaired) electrons. The second-order valence-electron chi connectivity index (χ2n) is 6.67. The lowest BCUT2D eigenvalue weighted by atomic mass is 9.99.